The van der Waals surface area contributed by atoms with Crippen LogP contribution in [0.15, 0.2) is 46.9 Å². The molecule has 1 unspecified atom stereocenters. The maximum atomic E-state index is 12.1. The molecule has 2 heterocycles. The van der Waals surface area contributed by atoms with E-state index >= 15 is 0 Å². The summed E-state index contributed by atoms with van der Waals surface area (Å²) in [5, 5.41) is 8.50. The first-order valence-corrected chi connectivity index (χ1v) is 8.21. The highest BCUT2D eigenvalue weighted by atomic mass is 35.5. The van der Waals surface area contributed by atoms with Crippen molar-refractivity contribution in [3.8, 4) is 0 Å². The third-order valence-corrected chi connectivity index (χ3v) is 4.60. The van der Waals surface area contributed by atoms with E-state index in [0.29, 0.717) is 12.3 Å². The molecule has 1 aromatic heterocycles. The van der Waals surface area contributed by atoms with E-state index in [2.05, 4.69) is 16.7 Å². The minimum Gasteiger partial charge on any atom is -0.456 e. The molecule has 126 valence electrons. The summed E-state index contributed by atoms with van der Waals surface area (Å²) < 4.78 is 5.86. The number of anilines is 1. The fourth-order valence-electron chi connectivity index (χ4n) is 3.32. The van der Waals surface area contributed by atoms with Crippen LogP contribution >= 0.6 is 12.4 Å². The molecule has 3 aromatic rings. The number of benzene rings is 2. The zero-order valence-corrected chi connectivity index (χ0v) is 14.2. The van der Waals surface area contributed by atoms with Crippen molar-refractivity contribution in [3.63, 3.8) is 0 Å². The van der Waals surface area contributed by atoms with Gasteiger partial charge in [0.25, 0.3) is 0 Å². The number of para-hydroxylation sites is 1. The Morgan fingerprint density at radius 3 is 2.83 bits per heavy atom. The lowest BCUT2D eigenvalue weighted by molar-refractivity contribution is -0.116. The van der Waals surface area contributed by atoms with Crippen LogP contribution in [0.1, 0.15) is 19.3 Å². The van der Waals surface area contributed by atoms with Crippen LogP contribution in [0.3, 0.4) is 0 Å². The molecule has 2 aromatic carbocycles. The van der Waals surface area contributed by atoms with Crippen molar-refractivity contribution in [1.82, 2.24) is 5.32 Å². The van der Waals surface area contributed by atoms with Crippen molar-refractivity contribution in [3.05, 3.63) is 42.5 Å². The summed E-state index contributed by atoms with van der Waals surface area (Å²) in [7, 11) is 0. The number of carbonyl (C=O) groups is 1. The smallest absolute Gasteiger partial charge is 0.224 e. The number of furan rings is 1. The molecular weight excluding hydrogens is 324 g/mol. The molecule has 0 aliphatic carbocycles. The Morgan fingerprint density at radius 1 is 1.17 bits per heavy atom. The summed E-state index contributed by atoms with van der Waals surface area (Å²) in [6.45, 7) is 2.12. The van der Waals surface area contributed by atoms with Gasteiger partial charge < -0.3 is 15.1 Å². The number of rotatable bonds is 4. The van der Waals surface area contributed by atoms with E-state index in [9.17, 15) is 4.79 Å². The first kappa shape index (κ1) is 16.8. The van der Waals surface area contributed by atoms with E-state index in [1.165, 1.54) is 6.42 Å². The summed E-state index contributed by atoms with van der Waals surface area (Å²) in [4.78, 5) is 12.1. The highest BCUT2D eigenvalue weighted by Gasteiger charge is 2.16. The molecule has 2 N–H and O–H groups in total. The van der Waals surface area contributed by atoms with Crippen LogP contribution in [-0.4, -0.2) is 19.0 Å². The van der Waals surface area contributed by atoms with Gasteiger partial charge in [-0.3, -0.25) is 4.79 Å². The number of fused-ring (bicyclic) bond motifs is 3. The second-order valence-corrected chi connectivity index (χ2v) is 6.25. The van der Waals surface area contributed by atoms with Gasteiger partial charge in [0.2, 0.25) is 5.91 Å². The normalized spacial score (nSPS) is 17.1. The molecule has 4 nitrogen and oxygen atoms in total. The summed E-state index contributed by atoms with van der Waals surface area (Å²) in [5.41, 5.74) is 2.48. The van der Waals surface area contributed by atoms with E-state index in [-0.39, 0.29) is 18.3 Å². The molecule has 1 aliphatic heterocycles. The lowest BCUT2D eigenvalue weighted by atomic mass is 10.0. The van der Waals surface area contributed by atoms with Gasteiger partial charge in [-0.05, 0) is 50.0 Å². The largest absolute Gasteiger partial charge is 0.456 e. The third-order valence-electron chi connectivity index (χ3n) is 4.60. The molecule has 1 aliphatic rings. The Bertz CT molecular complexity index is 853. The Morgan fingerprint density at radius 2 is 2.00 bits per heavy atom. The number of nitrogens with one attached hydrogen (secondary N) is 2. The molecule has 0 spiro atoms. The van der Waals surface area contributed by atoms with Gasteiger partial charge in [0.1, 0.15) is 11.2 Å². The SMILES string of the molecule is Cl.O=C(CCC1CCNC1)Nc1ccc2c(c1)oc1ccccc12. The van der Waals surface area contributed by atoms with Gasteiger partial charge in [0.05, 0.1) is 0 Å². The van der Waals surface area contributed by atoms with Gasteiger partial charge in [-0.1, -0.05) is 18.2 Å². The van der Waals surface area contributed by atoms with Crippen LogP contribution in [0.2, 0.25) is 0 Å². The third kappa shape index (κ3) is 3.40. The van der Waals surface area contributed by atoms with Crippen LogP contribution in [0, 0.1) is 5.92 Å². The number of hydrogen-bond donors (Lipinski definition) is 2. The first-order valence-electron chi connectivity index (χ1n) is 8.21. The molecule has 5 heteroatoms. The molecule has 0 radical (unpaired) electrons. The van der Waals surface area contributed by atoms with Crippen LogP contribution in [0.25, 0.3) is 21.9 Å². The van der Waals surface area contributed by atoms with Gasteiger partial charge in [-0.25, -0.2) is 0 Å². The van der Waals surface area contributed by atoms with Crippen LogP contribution in [0.4, 0.5) is 5.69 Å². The van der Waals surface area contributed by atoms with Crippen molar-refractivity contribution in [2.75, 3.05) is 18.4 Å². The van der Waals surface area contributed by atoms with Crippen molar-refractivity contribution in [1.29, 1.82) is 0 Å². The molecule has 24 heavy (non-hydrogen) atoms. The average Bonchev–Trinajstić information content (AvgIpc) is 3.20. The quantitative estimate of drug-likeness (QED) is 0.740. The van der Waals surface area contributed by atoms with E-state index in [0.717, 1.165) is 47.1 Å². The fraction of sp³-hybridized carbons (Fsp3) is 0.316. The van der Waals surface area contributed by atoms with Crippen LogP contribution < -0.4 is 10.6 Å². The Hall–Kier alpha value is -2.04. The monoisotopic (exact) mass is 344 g/mol. The first-order chi connectivity index (χ1) is 11.3. The van der Waals surface area contributed by atoms with Crippen molar-refractivity contribution >= 4 is 45.9 Å². The summed E-state index contributed by atoms with van der Waals surface area (Å²) >= 11 is 0. The van der Waals surface area contributed by atoms with E-state index in [1.807, 2.05) is 36.4 Å². The average molecular weight is 345 g/mol. The minimum absolute atomic E-state index is 0. The minimum atomic E-state index is 0. The second kappa shape index (κ2) is 7.24. The highest BCUT2D eigenvalue weighted by molar-refractivity contribution is 6.06. The zero-order chi connectivity index (χ0) is 15.6. The summed E-state index contributed by atoms with van der Waals surface area (Å²) in [6, 6.07) is 13.8. The maximum Gasteiger partial charge on any atom is 0.224 e. The van der Waals surface area contributed by atoms with Gasteiger partial charge in [0, 0.05) is 28.9 Å². The molecule has 1 saturated heterocycles. The van der Waals surface area contributed by atoms with Gasteiger partial charge in [0.15, 0.2) is 0 Å². The van der Waals surface area contributed by atoms with Gasteiger partial charge in [-0.15, -0.1) is 12.4 Å². The van der Waals surface area contributed by atoms with Crippen LogP contribution in [0.5, 0.6) is 0 Å². The van der Waals surface area contributed by atoms with Gasteiger partial charge in [-0.2, -0.15) is 0 Å². The lowest BCUT2D eigenvalue weighted by Gasteiger charge is -2.08. The second-order valence-electron chi connectivity index (χ2n) is 6.25. The van der Waals surface area contributed by atoms with E-state index in [1.54, 1.807) is 0 Å². The lowest BCUT2D eigenvalue weighted by Crippen LogP contribution is -2.14. The number of amides is 1. The van der Waals surface area contributed by atoms with E-state index in [4.69, 9.17) is 4.42 Å². The number of carbonyl (C=O) groups excluding carboxylic acids is 1. The zero-order valence-electron chi connectivity index (χ0n) is 13.4. The maximum absolute atomic E-state index is 12.1. The highest BCUT2D eigenvalue weighted by Crippen LogP contribution is 2.30. The molecular formula is C19H21ClN2O2. The van der Waals surface area contributed by atoms with Crippen molar-refractivity contribution < 1.29 is 9.21 Å². The fourth-order valence-corrected chi connectivity index (χ4v) is 3.32. The Labute approximate surface area is 147 Å². The predicted molar refractivity (Wildman–Crippen MR) is 99.8 cm³/mol. The predicted octanol–water partition coefficient (Wildman–Crippen LogP) is 4.34. The Balaban J connectivity index is 0.00000169. The molecule has 0 bridgehead atoms. The molecule has 1 amide bonds. The molecule has 1 fully saturated rings. The molecule has 0 saturated carbocycles. The number of halogens is 1. The topological polar surface area (TPSA) is 54.3 Å². The standard InChI is InChI=1S/C19H20N2O2.ClH/c22-19(8-5-13-9-10-20-12-13)21-14-6-7-16-15-3-1-2-4-17(15)23-18(16)11-14;/h1-4,6-7,11,13,20H,5,8-10,12H2,(H,21,22);1H. The van der Waals surface area contributed by atoms with Crippen molar-refractivity contribution in [2.24, 2.45) is 5.92 Å². The van der Waals surface area contributed by atoms with Crippen molar-refractivity contribution in [2.45, 2.75) is 19.3 Å². The summed E-state index contributed by atoms with van der Waals surface area (Å²) in [5.74, 6) is 0.714. The Kier molecular flexibility index (Phi) is 5.07. The molecule has 1 atom stereocenters. The summed E-state index contributed by atoms with van der Waals surface area (Å²) in [6.07, 6.45) is 2.70. The van der Waals surface area contributed by atoms with Crippen LogP contribution in [-0.2, 0) is 4.79 Å². The van der Waals surface area contributed by atoms with E-state index < -0.39 is 0 Å². The number of hydrogen-bond acceptors (Lipinski definition) is 3. The molecule has 4 rings (SSSR count). The van der Waals surface area contributed by atoms with Gasteiger partial charge >= 0.3 is 0 Å².